The first-order chi connectivity index (χ1) is 14.9. The Morgan fingerprint density at radius 1 is 1.29 bits per heavy atom. The lowest BCUT2D eigenvalue weighted by atomic mass is 10.1. The average molecular weight is 499 g/mol. The summed E-state index contributed by atoms with van der Waals surface area (Å²) in [6.07, 6.45) is 3.20. The van der Waals surface area contributed by atoms with Gasteiger partial charge in [0.05, 0.1) is 23.7 Å². The van der Waals surface area contributed by atoms with Gasteiger partial charge < -0.3 is 9.15 Å². The normalized spacial score (nSPS) is 12.1. The van der Waals surface area contributed by atoms with Crippen molar-refractivity contribution in [2.45, 2.75) is 0 Å². The Kier molecular flexibility index (Phi) is 4.56. The number of furan rings is 1. The number of nitro groups is 1. The molecule has 5 aromatic rings. The maximum Gasteiger partial charge on any atom is 0.284 e. The number of hydrogen-bond donors (Lipinski definition) is 0. The molecule has 0 aliphatic carbocycles. The minimum Gasteiger partial charge on any atom is -0.497 e. The minimum absolute atomic E-state index is 0.136. The first kappa shape index (κ1) is 19.4. The van der Waals surface area contributed by atoms with Crippen molar-refractivity contribution in [3.63, 3.8) is 0 Å². The van der Waals surface area contributed by atoms with Crippen molar-refractivity contribution >= 4 is 55.2 Å². The van der Waals surface area contributed by atoms with Crippen LogP contribution < -0.4 is 14.8 Å². The lowest BCUT2D eigenvalue weighted by Crippen LogP contribution is -2.22. The molecular formula is C20H11BrN4O5S. The molecule has 0 radical (unpaired) electrons. The number of aromatic nitrogens is 3. The van der Waals surface area contributed by atoms with Crippen molar-refractivity contribution < 1.29 is 14.1 Å². The second-order valence-electron chi connectivity index (χ2n) is 6.48. The van der Waals surface area contributed by atoms with E-state index in [2.05, 4.69) is 25.9 Å². The number of benzene rings is 1. The van der Waals surface area contributed by atoms with Gasteiger partial charge in [0.2, 0.25) is 0 Å². The first-order valence-electron chi connectivity index (χ1n) is 8.85. The standard InChI is InChI=1S/C20H11BrN4O5S/c1-29-11-2-4-13(15(7-11)25(27)28)16-5-3-12(30-16)8-17-19(26)24-18-14(23-20(24)31-17)6-10(21)9-22-18/h2-9H,1H3. The number of ether oxygens (including phenoxy) is 1. The number of thiazole rings is 1. The molecule has 0 fully saturated rings. The van der Waals surface area contributed by atoms with Crippen molar-refractivity contribution in [2.75, 3.05) is 7.11 Å². The quantitative estimate of drug-likeness (QED) is 0.273. The summed E-state index contributed by atoms with van der Waals surface area (Å²) < 4.78 is 13.5. The van der Waals surface area contributed by atoms with Gasteiger partial charge in [-0.1, -0.05) is 11.3 Å². The molecule has 4 heterocycles. The van der Waals surface area contributed by atoms with E-state index < -0.39 is 4.92 Å². The molecule has 11 heteroatoms. The van der Waals surface area contributed by atoms with Crippen molar-refractivity contribution in [3.05, 3.63) is 77.8 Å². The number of rotatable bonds is 4. The highest BCUT2D eigenvalue weighted by atomic mass is 79.9. The number of fused-ring (bicyclic) bond motifs is 3. The van der Waals surface area contributed by atoms with Gasteiger partial charge in [0, 0.05) is 16.7 Å². The lowest BCUT2D eigenvalue weighted by Gasteiger charge is -2.03. The number of nitro benzene ring substituents is 1. The Balaban J connectivity index is 1.60. The molecule has 0 atom stereocenters. The second-order valence-corrected chi connectivity index (χ2v) is 8.41. The summed E-state index contributed by atoms with van der Waals surface area (Å²) in [4.78, 5) is 33.1. The summed E-state index contributed by atoms with van der Waals surface area (Å²) in [6.45, 7) is 0. The van der Waals surface area contributed by atoms with Gasteiger partial charge in [-0.15, -0.1) is 0 Å². The van der Waals surface area contributed by atoms with Crippen LogP contribution in [-0.2, 0) is 0 Å². The van der Waals surface area contributed by atoms with Crippen molar-refractivity contribution in [2.24, 2.45) is 0 Å². The molecule has 0 amide bonds. The Bertz CT molecular complexity index is 1600. The SMILES string of the molecule is COc1ccc(-c2ccc(C=c3sc4nc5cc(Br)cnc5n4c3=O)o2)c([N+](=O)[O-])c1. The van der Waals surface area contributed by atoms with E-state index in [1.165, 1.54) is 28.9 Å². The third-order valence-corrected chi connectivity index (χ3v) is 6.02. The topological polar surface area (TPSA) is 113 Å². The highest BCUT2D eigenvalue weighted by Crippen LogP contribution is 2.34. The molecule has 31 heavy (non-hydrogen) atoms. The second kappa shape index (κ2) is 7.29. The van der Waals surface area contributed by atoms with Gasteiger partial charge >= 0.3 is 0 Å². The Morgan fingerprint density at radius 3 is 2.90 bits per heavy atom. The van der Waals surface area contributed by atoms with Crippen LogP contribution in [0, 0.1) is 10.1 Å². The molecule has 0 unspecified atom stereocenters. The van der Waals surface area contributed by atoms with Gasteiger partial charge in [-0.3, -0.25) is 14.9 Å². The summed E-state index contributed by atoms with van der Waals surface area (Å²) in [5.41, 5.74) is 1.02. The number of methoxy groups -OCH3 is 1. The molecule has 0 spiro atoms. The smallest absolute Gasteiger partial charge is 0.284 e. The third-order valence-electron chi connectivity index (χ3n) is 4.62. The van der Waals surface area contributed by atoms with Gasteiger partial charge in [-0.2, -0.15) is 0 Å². The van der Waals surface area contributed by atoms with E-state index in [9.17, 15) is 14.9 Å². The molecule has 0 N–H and O–H groups in total. The fourth-order valence-corrected chi connectivity index (χ4v) is 4.49. The maximum absolute atomic E-state index is 12.9. The lowest BCUT2D eigenvalue weighted by molar-refractivity contribution is -0.384. The highest BCUT2D eigenvalue weighted by Gasteiger charge is 2.19. The Hall–Kier alpha value is -3.57. The van der Waals surface area contributed by atoms with Crippen LogP contribution in [0.3, 0.4) is 0 Å². The number of nitrogens with zero attached hydrogens (tertiary/aromatic N) is 4. The van der Waals surface area contributed by atoms with Crippen LogP contribution in [-0.4, -0.2) is 26.4 Å². The van der Waals surface area contributed by atoms with E-state index in [0.717, 1.165) is 4.47 Å². The van der Waals surface area contributed by atoms with E-state index in [1.807, 2.05) is 0 Å². The first-order valence-corrected chi connectivity index (χ1v) is 10.5. The Labute approximate surface area is 185 Å². The van der Waals surface area contributed by atoms with Crippen molar-refractivity contribution in [3.8, 4) is 17.1 Å². The van der Waals surface area contributed by atoms with Crippen LogP contribution in [0.2, 0.25) is 0 Å². The molecule has 1 aromatic carbocycles. The number of imidazole rings is 1. The van der Waals surface area contributed by atoms with Crippen molar-refractivity contribution in [1.29, 1.82) is 0 Å². The van der Waals surface area contributed by atoms with Gasteiger partial charge in [0.25, 0.3) is 11.2 Å². The number of pyridine rings is 1. The van der Waals surface area contributed by atoms with E-state index in [1.54, 1.807) is 42.6 Å². The molecule has 4 aromatic heterocycles. The van der Waals surface area contributed by atoms with E-state index in [0.29, 0.717) is 43.5 Å². The molecule has 154 valence electrons. The molecule has 9 nitrogen and oxygen atoms in total. The van der Waals surface area contributed by atoms with Crippen LogP contribution >= 0.6 is 27.3 Å². The predicted octanol–water partition coefficient (Wildman–Crippen LogP) is 3.79. The maximum atomic E-state index is 12.9. The molecular weight excluding hydrogens is 488 g/mol. The van der Waals surface area contributed by atoms with Gasteiger partial charge in [-0.25, -0.2) is 14.4 Å². The van der Waals surface area contributed by atoms with E-state index in [4.69, 9.17) is 9.15 Å². The fraction of sp³-hybridized carbons (Fsp3) is 0.0500. The molecule has 0 aliphatic rings. The summed E-state index contributed by atoms with van der Waals surface area (Å²) in [7, 11) is 1.44. The van der Waals surface area contributed by atoms with Gasteiger partial charge in [-0.05, 0) is 46.3 Å². The number of halogens is 1. The van der Waals surface area contributed by atoms with Crippen LogP contribution in [0.25, 0.3) is 33.5 Å². The van der Waals surface area contributed by atoms with Crippen LogP contribution in [0.1, 0.15) is 5.76 Å². The predicted molar refractivity (Wildman–Crippen MR) is 118 cm³/mol. The van der Waals surface area contributed by atoms with Crippen LogP contribution in [0.15, 0.2) is 56.3 Å². The zero-order valence-corrected chi connectivity index (χ0v) is 18.1. The van der Waals surface area contributed by atoms with Crippen molar-refractivity contribution in [1.82, 2.24) is 14.4 Å². The summed E-state index contributed by atoms with van der Waals surface area (Å²) in [5, 5.41) is 11.4. The molecule has 0 bridgehead atoms. The summed E-state index contributed by atoms with van der Waals surface area (Å²) in [6, 6.07) is 9.59. The molecule has 0 saturated carbocycles. The van der Waals surface area contributed by atoms with Gasteiger partial charge in [0.15, 0.2) is 10.6 Å². The van der Waals surface area contributed by atoms with Crippen LogP contribution in [0.4, 0.5) is 5.69 Å². The van der Waals surface area contributed by atoms with Gasteiger partial charge in [0.1, 0.15) is 27.3 Å². The summed E-state index contributed by atoms with van der Waals surface area (Å²) in [5.74, 6) is 1.08. The molecule has 0 aliphatic heterocycles. The van der Waals surface area contributed by atoms with E-state index >= 15 is 0 Å². The Morgan fingerprint density at radius 2 is 2.13 bits per heavy atom. The third kappa shape index (κ3) is 3.27. The fourth-order valence-electron chi connectivity index (χ4n) is 3.22. The largest absolute Gasteiger partial charge is 0.497 e. The van der Waals surface area contributed by atoms with E-state index in [-0.39, 0.29) is 11.2 Å². The zero-order valence-electron chi connectivity index (χ0n) is 15.7. The highest BCUT2D eigenvalue weighted by molar-refractivity contribution is 9.10. The molecule has 5 rings (SSSR count). The monoisotopic (exact) mass is 498 g/mol. The summed E-state index contributed by atoms with van der Waals surface area (Å²) >= 11 is 4.56. The molecule has 0 saturated heterocycles. The number of hydrogen-bond acceptors (Lipinski definition) is 8. The zero-order chi connectivity index (χ0) is 21.7. The van der Waals surface area contributed by atoms with Crippen LogP contribution in [0.5, 0.6) is 5.75 Å². The average Bonchev–Trinajstić information content (AvgIpc) is 3.43. The minimum atomic E-state index is -0.496.